The van der Waals surface area contributed by atoms with Crippen LogP contribution in [-0.2, 0) is 6.61 Å². The van der Waals surface area contributed by atoms with E-state index < -0.39 is 11.9 Å². The summed E-state index contributed by atoms with van der Waals surface area (Å²) in [5.74, 6) is 0.0503. The van der Waals surface area contributed by atoms with E-state index in [1.54, 1.807) is 60.7 Å². The maximum absolute atomic E-state index is 13.1. The smallest absolute Gasteiger partial charge is 0.343 e. The van der Waals surface area contributed by atoms with Gasteiger partial charge in [-0.15, -0.1) is 0 Å². The highest BCUT2D eigenvalue weighted by Gasteiger charge is 2.31. The zero-order chi connectivity index (χ0) is 26.6. The molecule has 0 aromatic heterocycles. The lowest BCUT2D eigenvalue weighted by molar-refractivity contribution is 0.0734. The molecule has 0 saturated heterocycles. The van der Waals surface area contributed by atoms with Gasteiger partial charge in [0.15, 0.2) is 0 Å². The van der Waals surface area contributed by atoms with E-state index in [0.717, 1.165) is 16.7 Å². The van der Waals surface area contributed by atoms with Gasteiger partial charge in [-0.2, -0.15) is 5.26 Å². The van der Waals surface area contributed by atoms with E-state index in [0.29, 0.717) is 35.0 Å². The lowest BCUT2D eigenvalue weighted by atomic mass is 9.83. The van der Waals surface area contributed by atoms with Crippen molar-refractivity contribution in [3.05, 3.63) is 136 Å². The number of hydrogen-bond acceptors (Lipinski definition) is 6. The minimum absolute atomic E-state index is 0.0104. The first kappa shape index (κ1) is 24.6. The van der Waals surface area contributed by atoms with Gasteiger partial charge in [-0.1, -0.05) is 48.0 Å². The van der Waals surface area contributed by atoms with Crippen molar-refractivity contribution in [2.24, 2.45) is 5.73 Å². The van der Waals surface area contributed by atoms with Crippen LogP contribution in [0.2, 0.25) is 0 Å². The maximum atomic E-state index is 13.1. The van der Waals surface area contributed by atoms with Gasteiger partial charge in [-0.05, 0) is 60.5 Å². The molecule has 0 saturated carbocycles. The van der Waals surface area contributed by atoms with Crippen molar-refractivity contribution in [1.29, 1.82) is 5.26 Å². The molecule has 0 radical (unpaired) electrons. The summed E-state index contributed by atoms with van der Waals surface area (Å²) >= 11 is 0. The third-order valence-electron chi connectivity index (χ3n) is 6.19. The molecule has 1 atom stereocenters. The number of nitrogens with zero attached hydrogens (tertiary/aromatic N) is 1. The third-order valence-corrected chi connectivity index (χ3v) is 6.19. The number of benzene rings is 4. The van der Waals surface area contributed by atoms with Crippen LogP contribution in [-0.4, -0.2) is 5.97 Å². The van der Waals surface area contributed by atoms with Crippen LogP contribution in [0.4, 0.5) is 4.39 Å². The first-order valence-corrected chi connectivity index (χ1v) is 11.9. The lowest BCUT2D eigenvalue weighted by Gasteiger charge is -2.26. The van der Waals surface area contributed by atoms with Crippen LogP contribution in [0.25, 0.3) is 0 Å². The van der Waals surface area contributed by atoms with Crippen LogP contribution >= 0.6 is 0 Å². The number of esters is 1. The van der Waals surface area contributed by atoms with Gasteiger partial charge in [0.05, 0.1) is 11.5 Å². The zero-order valence-corrected chi connectivity index (χ0v) is 20.5. The predicted molar refractivity (Wildman–Crippen MR) is 139 cm³/mol. The molecule has 1 aliphatic heterocycles. The first-order chi connectivity index (χ1) is 18.4. The number of carbonyl (C=O) groups excluding carboxylic acids is 1. The Bertz CT molecular complexity index is 1570. The number of rotatable bonds is 6. The standard InChI is InChI=1S/C31H23FN2O4/c1-19-3-2-4-22(15-19)31(35)37-25-13-14-26-28(16-25)38-30(34)27(17-33)29(26)21-7-11-24(12-8-21)36-18-20-5-9-23(32)10-6-20/h2-16,29H,18,34H2,1H3. The van der Waals surface area contributed by atoms with Gasteiger partial charge in [0.2, 0.25) is 5.88 Å². The summed E-state index contributed by atoms with van der Waals surface area (Å²) in [4.78, 5) is 12.6. The van der Waals surface area contributed by atoms with Crippen molar-refractivity contribution < 1.29 is 23.4 Å². The molecule has 4 aromatic rings. The average Bonchev–Trinajstić information content (AvgIpc) is 2.92. The minimum Gasteiger partial charge on any atom is -0.489 e. The Balaban J connectivity index is 1.37. The highest BCUT2D eigenvalue weighted by molar-refractivity contribution is 5.91. The van der Waals surface area contributed by atoms with Crippen LogP contribution in [0, 0.1) is 24.1 Å². The molecule has 0 amide bonds. The van der Waals surface area contributed by atoms with Crippen molar-refractivity contribution >= 4 is 5.97 Å². The van der Waals surface area contributed by atoms with Crippen molar-refractivity contribution in [2.75, 3.05) is 0 Å². The van der Waals surface area contributed by atoms with Gasteiger partial charge in [-0.3, -0.25) is 0 Å². The molecule has 188 valence electrons. The number of allylic oxidation sites excluding steroid dienone is 1. The van der Waals surface area contributed by atoms with E-state index in [-0.39, 0.29) is 17.3 Å². The Labute approximate surface area is 219 Å². The van der Waals surface area contributed by atoms with E-state index in [4.69, 9.17) is 19.9 Å². The first-order valence-electron chi connectivity index (χ1n) is 11.9. The van der Waals surface area contributed by atoms with Gasteiger partial charge in [0, 0.05) is 11.6 Å². The number of nitrogens with two attached hydrogens (primary N) is 1. The molecule has 0 fully saturated rings. The molecule has 38 heavy (non-hydrogen) atoms. The van der Waals surface area contributed by atoms with Gasteiger partial charge < -0.3 is 19.9 Å². The average molecular weight is 507 g/mol. The largest absolute Gasteiger partial charge is 0.489 e. The molecule has 1 aliphatic rings. The molecular weight excluding hydrogens is 483 g/mol. The monoisotopic (exact) mass is 506 g/mol. The Morgan fingerprint density at radius 1 is 1.00 bits per heavy atom. The minimum atomic E-state index is -0.488. The van der Waals surface area contributed by atoms with Gasteiger partial charge in [0.25, 0.3) is 0 Å². The van der Waals surface area contributed by atoms with Crippen molar-refractivity contribution in [3.63, 3.8) is 0 Å². The second-order valence-corrected chi connectivity index (χ2v) is 8.87. The van der Waals surface area contributed by atoms with E-state index in [1.807, 2.05) is 25.1 Å². The van der Waals surface area contributed by atoms with E-state index in [9.17, 15) is 14.4 Å². The summed E-state index contributed by atoms with van der Waals surface area (Å²) < 4.78 is 30.2. The number of hydrogen-bond donors (Lipinski definition) is 1. The Hall–Kier alpha value is -5.09. The number of halogens is 1. The molecule has 0 bridgehead atoms. The van der Waals surface area contributed by atoms with E-state index in [2.05, 4.69) is 6.07 Å². The van der Waals surface area contributed by atoms with Crippen LogP contribution in [0.5, 0.6) is 17.2 Å². The normalized spacial score (nSPS) is 14.2. The second-order valence-electron chi connectivity index (χ2n) is 8.87. The summed E-state index contributed by atoms with van der Waals surface area (Å²) in [6, 6.07) is 27.8. The SMILES string of the molecule is Cc1cccc(C(=O)Oc2ccc3c(c2)OC(N)=C(C#N)C3c2ccc(OCc3ccc(F)cc3)cc2)c1. The predicted octanol–water partition coefficient (Wildman–Crippen LogP) is 6.15. The van der Waals surface area contributed by atoms with Gasteiger partial charge in [-0.25, -0.2) is 9.18 Å². The molecule has 0 spiro atoms. The van der Waals surface area contributed by atoms with Gasteiger partial charge >= 0.3 is 5.97 Å². The Kier molecular flexibility index (Phi) is 6.79. The van der Waals surface area contributed by atoms with E-state index in [1.165, 1.54) is 12.1 Å². The molecule has 2 N–H and O–H groups in total. The fraction of sp³-hybridized carbons (Fsp3) is 0.0968. The molecule has 5 rings (SSSR count). The number of carbonyl (C=O) groups is 1. The van der Waals surface area contributed by atoms with Crippen molar-refractivity contribution in [2.45, 2.75) is 19.4 Å². The summed E-state index contributed by atoms with van der Waals surface area (Å²) in [6.07, 6.45) is 0. The molecule has 4 aromatic carbocycles. The fourth-order valence-corrected chi connectivity index (χ4v) is 4.28. The quantitative estimate of drug-likeness (QED) is 0.249. The molecule has 1 heterocycles. The third kappa shape index (κ3) is 5.20. The highest BCUT2D eigenvalue weighted by Crippen LogP contribution is 2.43. The molecule has 0 aliphatic carbocycles. The van der Waals surface area contributed by atoms with Crippen molar-refractivity contribution in [3.8, 4) is 23.3 Å². The van der Waals surface area contributed by atoms with Crippen LogP contribution in [0.15, 0.2) is 102 Å². The Morgan fingerprint density at radius 2 is 1.74 bits per heavy atom. The summed E-state index contributed by atoms with van der Waals surface area (Å²) in [5, 5.41) is 9.84. The second kappa shape index (κ2) is 10.5. The highest BCUT2D eigenvalue weighted by atomic mass is 19.1. The molecule has 7 heteroatoms. The topological polar surface area (TPSA) is 94.6 Å². The van der Waals surface area contributed by atoms with Crippen LogP contribution < -0.4 is 19.9 Å². The summed E-state index contributed by atoms with van der Waals surface area (Å²) in [6.45, 7) is 2.19. The zero-order valence-electron chi connectivity index (χ0n) is 20.5. The number of nitriles is 1. The maximum Gasteiger partial charge on any atom is 0.343 e. The number of aryl methyl sites for hydroxylation is 1. The van der Waals surface area contributed by atoms with Crippen LogP contribution in [0.1, 0.15) is 38.5 Å². The van der Waals surface area contributed by atoms with Crippen molar-refractivity contribution in [1.82, 2.24) is 0 Å². The lowest BCUT2D eigenvalue weighted by Crippen LogP contribution is -2.21. The number of ether oxygens (including phenoxy) is 3. The Morgan fingerprint density at radius 3 is 2.45 bits per heavy atom. The summed E-state index contributed by atoms with van der Waals surface area (Å²) in [5.41, 5.74) is 10.2. The molecule has 6 nitrogen and oxygen atoms in total. The van der Waals surface area contributed by atoms with E-state index >= 15 is 0 Å². The van der Waals surface area contributed by atoms with Gasteiger partial charge in [0.1, 0.15) is 41.3 Å². The fourth-order valence-electron chi connectivity index (χ4n) is 4.28. The molecular formula is C31H23FN2O4. The molecule has 1 unspecified atom stereocenters. The summed E-state index contributed by atoms with van der Waals surface area (Å²) in [7, 11) is 0. The number of fused-ring (bicyclic) bond motifs is 1. The van der Waals surface area contributed by atoms with Crippen LogP contribution in [0.3, 0.4) is 0 Å².